The van der Waals surface area contributed by atoms with E-state index >= 15 is 0 Å². The highest BCUT2D eigenvalue weighted by molar-refractivity contribution is 5.82. The van der Waals surface area contributed by atoms with Crippen molar-refractivity contribution < 1.29 is 23.7 Å². The van der Waals surface area contributed by atoms with Crippen molar-refractivity contribution in [3.63, 3.8) is 0 Å². The number of anilines is 1. The van der Waals surface area contributed by atoms with E-state index in [2.05, 4.69) is 15.6 Å². The highest BCUT2D eigenvalue weighted by atomic mass is 16.6. The topological polar surface area (TPSA) is 126 Å². The fraction of sp³-hybridized carbons (Fsp3) is 0.355. The summed E-state index contributed by atoms with van der Waals surface area (Å²) in [6.07, 6.45) is 0.731. The first kappa shape index (κ1) is 28.9. The van der Waals surface area contributed by atoms with E-state index in [-0.39, 0.29) is 18.3 Å². The molecule has 1 aliphatic rings. The Bertz CT molecular complexity index is 1630. The van der Waals surface area contributed by atoms with Crippen molar-refractivity contribution in [3.05, 3.63) is 76.7 Å². The molecule has 1 amide bonds. The lowest BCUT2D eigenvalue weighted by atomic mass is 9.99. The molecule has 42 heavy (non-hydrogen) atoms. The minimum atomic E-state index is -0.646. The smallest absolute Gasteiger partial charge is 0.408 e. The van der Waals surface area contributed by atoms with Crippen LogP contribution in [0.3, 0.4) is 0 Å². The third kappa shape index (κ3) is 6.15. The molecule has 220 valence electrons. The van der Waals surface area contributed by atoms with Crippen LogP contribution in [0.2, 0.25) is 0 Å². The number of hydrogen-bond donors (Lipinski definition) is 2. The van der Waals surface area contributed by atoms with Gasteiger partial charge in [0.05, 0.1) is 32.9 Å². The Morgan fingerprint density at radius 1 is 1.05 bits per heavy atom. The number of amides is 1. The van der Waals surface area contributed by atoms with Crippen molar-refractivity contribution in [3.8, 4) is 22.6 Å². The van der Waals surface area contributed by atoms with Gasteiger partial charge in [0.15, 0.2) is 0 Å². The van der Waals surface area contributed by atoms with Crippen molar-refractivity contribution in [1.29, 1.82) is 0 Å². The lowest BCUT2D eigenvalue weighted by Gasteiger charge is -2.26. The zero-order chi connectivity index (χ0) is 30.0. The summed E-state index contributed by atoms with van der Waals surface area (Å²) < 4.78 is 23.9. The Labute approximate surface area is 243 Å². The summed E-state index contributed by atoms with van der Waals surface area (Å²) in [4.78, 5) is 35.4. The van der Waals surface area contributed by atoms with Crippen molar-refractivity contribution in [2.75, 3.05) is 26.1 Å². The van der Waals surface area contributed by atoms with E-state index in [1.165, 1.54) is 4.57 Å². The number of fused-ring (bicyclic) bond motifs is 1. The summed E-state index contributed by atoms with van der Waals surface area (Å²) in [6, 6.07) is 15.9. The van der Waals surface area contributed by atoms with Gasteiger partial charge in [-0.15, -0.1) is 0 Å². The first-order valence-corrected chi connectivity index (χ1v) is 13.6. The molecule has 2 N–H and O–H groups in total. The van der Waals surface area contributed by atoms with E-state index in [1.54, 1.807) is 51.7 Å². The molecule has 2 aromatic heterocycles. The molecular formula is C31H35N5O6. The summed E-state index contributed by atoms with van der Waals surface area (Å²) in [5.41, 5.74) is 1.62. The van der Waals surface area contributed by atoms with Gasteiger partial charge in [-0.3, -0.25) is 9.36 Å². The van der Waals surface area contributed by atoms with Crippen molar-refractivity contribution in [2.45, 2.75) is 44.6 Å². The van der Waals surface area contributed by atoms with Crippen LogP contribution in [0.4, 0.5) is 10.7 Å². The minimum absolute atomic E-state index is 0.238. The number of benzene rings is 2. The van der Waals surface area contributed by atoms with Crippen molar-refractivity contribution >= 4 is 23.1 Å². The fourth-order valence-electron chi connectivity index (χ4n) is 4.97. The monoisotopic (exact) mass is 573 g/mol. The van der Waals surface area contributed by atoms with Crippen LogP contribution in [0.15, 0.2) is 65.6 Å². The third-order valence-electron chi connectivity index (χ3n) is 6.95. The minimum Gasteiger partial charge on any atom is -0.497 e. The molecule has 3 heterocycles. The van der Waals surface area contributed by atoms with Crippen molar-refractivity contribution in [1.82, 2.24) is 19.9 Å². The van der Waals surface area contributed by atoms with Crippen LogP contribution in [0, 0.1) is 0 Å². The molecule has 2 aromatic carbocycles. The van der Waals surface area contributed by atoms with Crippen LogP contribution < -0.4 is 25.7 Å². The molecule has 11 nitrogen and oxygen atoms in total. The van der Waals surface area contributed by atoms with E-state index in [1.807, 2.05) is 51.1 Å². The van der Waals surface area contributed by atoms with Crippen LogP contribution in [0.1, 0.15) is 32.4 Å². The molecule has 1 aliphatic heterocycles. The predicted octanol–water partition coefficient (Wildman–Crippen LogP) is 4.46. The van der Waals surface area contributed by atoms with Gasteiger partial charge in [-0.2, -0.15) is 4.98 Å². The molecule has 3 atom stereocenters. The van der Waals surface area contributed by atoms with E-state index < -0.39 is 23.8 Å². The second kappa shape index (κ2) is 11.7. The van der Waals surface area contributed by atoms with Gasteiger partial charge in [0, 0.05) is 30.3 Å². The van der Waals surface area contributed by atoms with E-state index in [9.17, 15) is 9.59 Å². The number of pyridine rings is 1. The van der Waals surface area contributed by atoms with Gasteiger partial charge >= 0.3 is 6.09 Å². The second-order valence-electron chi connectivity index (χ2n) is 11.1. The lowest BCUT2D eigenvalue weighted by Crippen LogP contribution is -2.48. The molecule has 0 bridgehead atoms. The third-order valence-corrected chi connectivity index (χ3v) is 6.95. The zero-order valence-electron chi connectivity index (χ0n) is 24.5. The highest BCUT2D eigenvalue weighted by Gasteiger charge is 2.40. The van der Waals surface area contributed by atoms with Gasteiger partial charge in [0.2, 0.25) is 5.95 Å². The maximum Gasteiger partial charge on any atom is 0.408 e. The van der Waals surface area contributed by atoms with Gasteiger partial charge in [-0.25, -0.2) is 9.78 Å². The van der Waals surface area contributed by atoms with Crippen LogP contribution in [0.25, 0.3) is 22.2 Å². The average Bonchev–Trinajstić information content (AvgIpc) is 3.35. The van der Waals surface area contributed by atoms with Gasteiger partial charge < -0.3 is 29.6 Å². The van der Waals surface area contributed by atoms with Crippen LogP contribution in [-0.4, -0.2) is 59.1 Å². The molecule has 1 fully saturated rings. The molecule has 0 aliphatic carbocycles. The number of alkyl carbamates (subject to hydrolysis) is 1. The maximum absolute atomic E-state index is 13.5. The normalized spacial score (nSPS) is 18.5. The molecule has 0 radical (unpaired) electrons. The Kier molecular flexibility index (Phi) is 8.04. The second-order valence-corrected chi connectivity index (χ2v) is 11.1. The maximum atomic E-state index is 13.5. The van der Waals surface area contributed by atoms with E-state index in [4.69, 9.17) is 23.9 Å². The summed E-state index contributed by atoms with van der Waals surface area (Å²) in [5.74, 6) is 1.44. The SMILES string of the molecule is COc1cc(OC)cc(-c2cc3cnc(N[C@@H]4C(c5ccccc5)OC[C@@H]4NC(=O)OC(C)(C)C)nc3n(C)c2=O)c1. The Morgan fingerprint density at radius 3 is 2.38 bits per heavy atom. The summed E-state index contributed by atoms with van der Waals surface area (Å²) in [7, 11) is 4.79. The number of carbonyl (C=O) groups is 1. The Morgan fingerprint density at radius 2 is 1.74 bits per heavy atom. The number of nitrogens with one attached hydrogen (secondary N) is 2. The number of aryl methyl sites for hydroxylation is 1. The van der Waals surface area contributed by atoms with Crippen molar-refractivity contribution in [2.24, 2.45) is 7.05 Å². The fourth-order valence-corrected chi connectivity index (χ4v) is 4.97. The molecule has 0 saturated carbocycles. The highest BCUT2D eigenvalue weighted by Crippen LogP contribution is 2.32. The molecule has 4 aromatic rings. The van der Waals surface area contributed by atoms with Gasteiger partial charge in [0.25, 0.3) is 5.56 Å². The predicted molar refractivity (Wildman–Crippen MR) is 159 cm³/mol. The molecule has 1 saturated heterocycles. The lowest BCUT2D eigenvalue weighted by molar-refractivity contribution is 0.0494. The number of aromatic nitrogens is 3. The van der Waals surface area contributed by atoms with Crippen LogP contribution >= 0.6 is 0 Å². The summed E-state index contributed by atoms with van der Waals surface area (Å²) >= 11 is 0. The molecule has 11 heteroatoms. The molecule has 0 spiro atoms. The Balaban J connectivity index is 1.48. The molecular weight excluding hydrogens is 538 g/mol. The zero-order valence-corrected chi connectivity index (χ0v) is 24.5. The molecule has 5 rings (SSSR count). The quantitative estimate of drug-likeness (QED) is 0.330. The summed E-state index contributed by atoms with van der Waals surface area (Å²) in [5, 5.41) is 6.96. The number of carbonyl (C=O) groups excluding carboxylic acids is 1. The first-order chi connectivity index (χ1) is 20.1. The van der Waals surface area contributed by atoms with E-state index in [0.29, 0.717) is 39.6 Å². The Hall–Kier alpha value is -4.64. The number of methoxy groups -OCH3 is 2. The number of rotatable bonds is 7. The van der Waals surface area contributed by atoms with Gasteiger partial charge in [-0.05, 0) is 50.1 Å². The number of hydrogen-bond acceptors (Lipinski definition) is 9. The largest absolute Gasteiger partial charge is 0.497 e. The number of nitrogens with zero attached hydrogens (tertiary/aromatic N) is 3. The van der Waals surface area contributed by atoms with E-state index in [0.717, 1.165) is 5.56 Å². The molecule has 1 unspecified atom stereocenters. The number of ether oxygens (including phenoxy) is 4. The standard InChI is InChI=1S/C31H35N5O6/c1-31(2,3)42-30(38)33-24-17-41-26(18-10-8-7-9-11-18)25(24)34-29-32-16-20-14-23(28(37)36(4)27(20)35-29)19-12-21(39-5)15-22(13-19)40-6/h7-16,24-26H,17H2,1-6H3,(H,33,38)(H,32,34,35)/t24-,25-,26?/m0/s1. The van der Waals surface area contributed by atoms with Gasteiger partial charge in [0.1, 0.15) is 28.9 Å². The van der Waals surface area contributed by atoms with Crippen LogP contribution in [-0.2, 0) is 16.5 Å². The average molecular weight is 574 g/mol. The van der Waals surface area contributed by atoms with Gasteiger partial charge in [-0.1, -0.05) is 30.3 Å². The van der Waals surface area contributed by atoms with Crippen LogP contribution in [0.5, 0.6) is 11.5 Å². The first-order valence-electron chi connectivity index (χ1n) is 13.6. The summed E-state index contributed by atoms with van der Waals surface area (Å²) in [6.45, 7) is 5.69.